The second kappa shape index (κ2) is 8.33. The Bertz CT molecular complexity index is 1860. The summed E-state index contributed by atoms with van der Waals surface area (Å²) >= 11 is 0. The van der Waals surface area contributed by atoms with Crippen LogP contribution in [0.5, 0.6) is 0 Å². The van der Waals surface area contributed by atoms with Crippen LogP contribution in [0.15, 0.2) is 115 Å². The molecule has 184 valence electrons. The third kappa shape index (κ3) is 3.25. The minimum atomic E-state index is -0.0827. The average Bonchev–Trinajstić information content (AvgIpc) is 2.94. The fourth-order valence-corrected chi connectivity index (χ4v) is 6.50. The van der Waals surface area contributed by atoms with E-state index in [4.69, 9.17) is 0 Å². The van der Waals surface area contributed by atoms with Crippen molar-refractivity contribution in [2.75, 3.05) is 4.90 Å². The van der Waals surface area contributed by atoms with Gasteiger partial charge in [0.2, 0.25) is 0 Å². The smallest absolute Gasteiger partial charge is 0.0540 e. The van der Waals surface area contributed by atoms with Crippen molar-refractivity contribution in [3.8, 4) is 11.1 Å². The van der Waals surface area contributed by atoms with Crippen LogP contribution in [-0.4, -0.2) is 0 Å². The van der Waals surface area contributed by atoms with E-state index in [9.17, 15) is 0 Å². The summed E-state index contributed by atoms with van der Waals surface area (Å²) in [5.41, 5.74) is 11.6. The zero-order valence-corrected chi connectivity index (χ0v) is 22.4. The van der Waals surface area contributed by atoms with Crippen molar-refractivity contribution in [3.05, 3.63) is 138 Å². The Morgan fingerprint density at radius 1 is 0.526 bits per heavy atom. The standard InChI is InChI=1S/C37H31N/c1-24-17-19-28-30-20-22-35(31-15-10-16-32(36(30)31)37(3,4)33(28)23-24)38(26-11-6-5-7-12-26)34-21-18-25(2)27-13-8-9-14-29(27)34/h5-23H,1-4H3. The lowest BCUT2D eigenvalue weighted by Gasteiger charge is -2.37. The molecular formula is C37H31N. The normalized spacial score (nSPS) is 13.5. The highest BCUT2D eigenvalue weighted by atomic mass is 15.1. The predicted octanol–water partition coefficient (Wildman–Crippen LogP) is 10.4. The molecule has 0 radical (unpaired) electrons. The van der Waals surface area contributed by atoms with Gasteiger partial charge in [-0.15, -0.1) is 0 Å². The van der Waals surface area contributed by atoms with E-state index >= 15 is 0 Å². The van der Waals surface area contributed by atoms with E-state index in [1.54, 1.807) is 0 Å². The SMILES string of the molecule is Cc1ccc2c(c1)C(C)(C)c1cccc3c(N(c4ccccc4)c4ccc(C)c5ccccc45)ccc-2c13. The van der Waals surface area contributed by atoms with Crippen molar-refractivity contribution < 1.29 is 0 Å². The Morgan fingerprint density at radius 2 is 1.18 bits per heavy atom. The van der Waals surface area contributed by atoms with Crippen LogP contribution in [0.2, 0.25) is 0 Å². The van der Waals surface area contributed by atoms with Crippen molar-refractivity contribution >= 4 is 38.6 Å². The molecule has 0 saturated heterocycles. The van der Waals surface area contributed by atoms with Crippen molar-refractivity contribution in [2.24, 2.45) is 0 Å². The molecule has 0 saturated carbocycles. The number of hydrogen-bond donors (Lipinski definition) is 0. The van der Waals surface area contributed by atoms with Gasteiger partial charge in [-0.2, -0.15) is 0 Å². The topological polar surface area (TPSA) is 3.24 Å². The molecule has 1 aliphatic carbocycles. The van der Waals surface area contributed by atoms with Gasteiger partial charge in [0.25, 0.3) is 0 Å². The minimum absolute atomic E-state index is 0.0827. The van der Waals surface area contributed by atoms with Crippen LogP contribution in [0.4, 0.5) is 17.1 Å². The Hall–Kier alpha value is -4.36. The summed E-state index contributed by atoms with van der Waals surface area (Å²) < 4.78 is 0. The zero-order chi connectivity index (χ0) is 26.0. The van der Waals surface area contributed by atoms with E-state index in [0.717, 1.165) is 5.69 Å². The zero-order valence-electron chi connectivity index (χ0n) is 22.4. The number of fused-ring (bicyclic) bond motifs is 3. The van der Waals surface area contributed by atoms with Gasteiger partial charge in [-0.05, 0) is 76.7 Å². The number of para-hydroxylation sites is 1. The van der Waals surface area contributed by atoms with Gasteiger partial charge < -0.3 is 4.90 Å². The number of hydrogen-bond acceptors (Lipinski definition) is 1. The van der Waals surface area contributed by atoms with Gasteiger partial charge in [-0.1, -0.05) is 110 Å². The van der Waals surface area contributed by atoms with E-state index in [2.05, 4.69) is 148 Å². The van der Waals surface area contributed by atoms with Crippen LogP contribution < -0.4 is 4.90 Å². The summed E-state index contributed by atoms with van der Waals surface area (Å²) in [5, 5.41) is 5.20. The molecule has 0 aliphatic heterocycles. The third-order valence-electron chi connectivity index (χ3n) is 8.44. The summed E-state index contributed by atoms with van der Waals surface area (Å²) in [7, 11) is 0. The van der Waals surface area contributed by atoms with Gasteiger partial charge in [0.15, 0.2) is 0 Å². The van der Waals surface area contributed by atoms with Crippen LogP contribution in [0.3, 0.4) is 0 Å². The first-order chi connectivity index (χ1) is 18.4. The maximum Gasteiger partial charge on any atom is 0.0540 e. The molecule has 0 bridgehead atoms. The predicted molar refractivity (Wildman–Crippen MR) is 163 cm³/mol. The molecule has 0 amide bonds. The fourth-order valence-electron chi connectivity index (χ4n) is 6.50. The van der Waals surface area contributed by atoms with E-state index in [1.165, 1.54) is 66.3 Å². The van der Waals surface area contributed by atoms with Crippen molar-refractivity contribution in [2.45, 2.75) is 33.1 Å². The Kier molecular flexibility index (Phi) is 5.00. The van der Waals surface area contributed by atoms with Gasteiger partial charge in [-0.25, -0.2) is 0 Å². The van der Waals surface area contributed by atoms with Gasteiger partial charge in [0.1, 0.15) is 0 Å². The Labute approximate surface area is 225 Å². The summed E-state index contributed by atoms with van der Waals surface area (Å²) in [6.45, 7) is 9.14. The number of anilines is 3. The van der Waals surface area contributed by atoms with Crippen LogP contribution in [0, 0.1) is 13.8 Å². The quantitative estimate of drug-likeness (QED) is 0.239. The maximum absolute atomic E-state index is 2.45. The number of aryl methyl sites for hydroxylation is 2. The highest BCUT2D eigenvalue weighted by Gasteiger charge is 2.34. The molecular weight excluding hydrogens is 458 g/mol. The molecule has 0 atom stereocenters. The molecule has 0 heterocycles. The molecule has 6 aromatic carbocycles. The summed E-state index contributed by atoms with van der Waals surface area (Å²) in [4.78, 5) is 2.45. The van der Waals surface area contributed by atoms with E-state index < -0.39 is 0 Å². The molecule has 6 aromatic rings. The highest BCUT2D eigenvalue weighted by Crippen LogP contribution is 2.52. The van der Waals surface area contributed by atoms with Gasteiger partial charge in [0, 0.05) is 21.9 Å². The molecule has 0 fully saturated rings. The van der Waals surface area contributed by atoms with Crippen LogP contribution in [0.1, 0.15) is 36.1 Å². The first kappa shape index (κ1) is 22.8. The van der Waals surface area contributed by atoms with Crippen LogP contribution >= 0.6 is 0 Å². The number of benzene rings is 6. The van der Waals surface area contributed by atoms with E-state index in [-0.39, 0.29) is 5.41 Å². The molecule has 38 heavy (non-hydrogen) atoms. The minimum Gasteiger partial charge on any atom is -0.309 e. The monoisotopic (exact) mass is 489 g/mol. The molecule has 7 rings (SSSR count). The van der Waals surface area contributed by atoms with Crippen molar-refractivity contribution in [1.82, 2.24) is 0 Å². The van der Waals surface area contributed by atoms with E-state index in [0.29, 0.717) is 0 Å². The first-order valence-electron chi connectivity index (χ1n) is 13.5. The lowest BCUT2D eigenvalue weighted by atomic mass is 9.68. The Balaban J connectivity index is 1.58. The lowest BCUT2D eigenvalue weighted by Crippen LogP contribution is -2.24. The summed E-state index contributed by atoms with van der Waals surface area (Å²) in [5.74, 6) is 0. The molecule has 1 aliphatic rings. The summed E-state index contributed by atoms with van der Waals surface area (Å²) in [6, 6.07) is 42.6. The first-order valence-corrected chi connectivity index (χ1v) is 13.5. The van der Waals surface area contributed by atoms with Crippen molar-refractivity contribution in [3.63, 3.8) is 0 Å². The second-order valence-corrected chi connectivity index (χ2v) is 11.2. The van der Waals surface area contributed by atoms with Crippen molar-refractivity contribution in [1.29, 1.82) is 0 Å². The van der Waals surface area contributed by atoms with Gasteiger partial charge in [-0.3, -0.25) is 0 Å². The van der Waals surface area contributed by atoms with E-state index in [1.807, 2.05) is 0 Å². The summed E-state index contributed by atoms with van der Waals surface area (Å²) in [6.07, 6.45) is 0. The van der Waals surface area contributed by atoms with Crippen LogP contribution in [0.25, 0.3) is 32.7 Å². The second-order valence-electron chi connectivity index (χ2n) is 11.2. The third-order valence-corrected chi connectivity index (χ3v) is 8.44. The molecule has 0 aromatic heterocycles. The average molecular weight is 490 g/mol. The molecule has 0 spiro atoms. The highest BCUT2D eigenvalue weighted by molar-refractivity contribution is 6.12. The largest absolute Gasteiger partial charge is 0.309 e. The number of nitrogens with zero attached hydrogens (tertiary/aromatic N) is 1. The molecule has 1 heteroatoms. The van der Waals surface area contributed by atoms with Gasteiger partial charge >= 0.3 is 0 Å². The number of rotatable bonds is 3. The maximum atomic E-state index is 2.45. The Morgan fingerprint density at radius 3 is 2.00 bits per heavy atom. The lowest BCUT2D eigenvalue weighted by molar-refractivity contribution is 0.644. The molecule has 0 unspecified atom stereocenters. The van der Waals surface area contributed by atoms with Gasteiger partial charge in [0.05, 0.1) is 11.4 Å². The molecule has 1 nitrogen and oxygen atoms in total. The molecule has 0 N–H and O–H groups in total. The fraction of sp³-hybridized carbons (Fsp3) is 0.135. The van der Waals surface area contributed by atoms with Crippen LogP contribution in [-0.2, 0) is 5.41 Å².